The number of hydrogen-bond acceptors (Lipinski definition) is 4. The number of methoxy groups -OCH3 is 1. The van der Waals surface area contributed by atoms with Crippen molar-refractivity contribution in [2.75, 3.05) is 12.4 Å². The molecular formula is C24H25N3O4. The monoisotopic (exact) mass is 419 g/mol. The lowest BCUT2D eigenvalue weighted by Crippen LogP contribution is -2.37. The van der Waals surface area contributed by atoms with Crippen LogP contribution in [0.5, 0.6) is 5.75 Å². The number of aromatic amines is 1. The second kappa shape index (κ2) is 9.75. The van der Waals surface area contributed by atoms with Gasteiger partial charge < -0.3 is 20.4 Å². The highest BCUT2D eigenvalue weighted by Gasteiger charge is 2.24. The summed E-state index contributed by atoms with van der Waals surface area (Å²) in [4.78, 5) is 39.5. The lowest BCUT2D eigenvalue weighted by Gasteiger charge is -2.19. The SMILES string of the molecule is COc1ccc(C(NC(=O)c2ccc(=O)[nH]c2)C(=O)Nc2ccc(C(C)C)cc2)cc1. The molecule has 3 N–H and O–H groups in total. The fourth-order valence-corrected chi connectivity index (χ4v) is 3.03. The van der Waals surface area contributed by atoms with Gasteiger partial charge in [-0.1, -0.05) is 38.1 Å². The van der Waals surface area contributed by atoms with Crippen LogP contribution >= 0.6 is 0 Å². The standard InChI is InChI=1S/C24H25N3O4/c1-15(2)16-4-9-19(10-5-16)26-24(30)22(17-6-11-20(31-3)12-7-17)27-23(29)18-8-13-21(28)25-14-18/h4-15,22H,1-3H3,(H,25,28)(H,26,30)(H,27,29). The van der Waals surface area contributed by atoms with E-state index in [1.807, 2.05) is 24.3 Å². The molecule has 1 heterocycles. The Balaban J connectivity index is 1.84. The van der Waals surface area contributed by atoms with E-state index in [1.165, 1.54) is 18.3 Å². The fraction of sp³-hybridized carbons (Fsp3) is 0.208. The number of H-pyrrole nitrogens is 1. The minimum Gasteiger partial charge on any atom is -0.497 e. The largest absolute Gasteiger partial charge is 0.497 e. The molecule has 0 radical (unpaired) electrons. The molecule has 1 aromatic heterocycles. The van der Waals surface area contributed by atoms with E-state index in [4.69, 9.17) is 4.74 Å². The predicted molar refractivity (Wildman–Crippen MR) is 119 cm³/mol. The second-order valence-electron chi connectivity index (χ2n) is 7.39. The van der Waals surface area contributed by atoms with E-state index in [0.29, 0.717) is 22.9 Å². The molecular weight excluding hydrogens is 394 g/mol. The zero-order valence-electron chi connectivity index (χ0n) is 17.6. The van der Waals surface area contributed by atoms with Crippen molar-refractivity contribution < 1.29 is 14.3 Å². The Morgan fingerprint density at radius 1 is 0.903 bits per heavy atom. The van der Waals surface area contributed by atoms with Crippen LogP contribution in [0.15, 0.2) is 71.7 Å². The average molecular weight is 419 g/mol. The quantitative estimate of drug-likeness (QED) is 0.545. The first-order valence-corrected chi connectivity index (χ1v) is 9.91. The van der Waals surface area contributed by atoms with Crippen LogP contribution in [0.1, 0.15) is 47.3 Å². The van der Waals surface area contributed by atoms with Gasteiger partial charge in [0, 0.05) is 18.0 Å². The lowest BCUT2D eigenvalue weighted by molar-refractivity contribution is -0.118. The van der Waals surface area contributed by atoms with Crippen molar-refractivity contribution in [3.05, 3.63) is 93.9 Å². The van der Waals surface area contributed by atoms with Gasteiger partial charge in [0.2, 0.25) is 5.56 Å². The maximum Gasteiger partial charge on any atom is 0.253 e. The van der Waals surface area contributed by atoms with Crippen LogP contribution in [0.3, 0.4) is 0 Å². The molecule has 0 saturated carbocycles. The van der Waals surface area contributed by atoms with E-state index in [0.717, 1.165) is 5.56 Å². The van der Waals surface area contributed by atoms with E-state index in [2.05, 4.69) is 29.5 Å². The van der Waals surface area contributed by atoms with Crippen molar-refractivity contribution >= 4 is 17.5 Å². The average Bonchev–Trinajstić information content (AvgIpc) is 2.78. The Morgan fingerprint density at radius 3 is 2.10 bits per heavy atom. The summed E-state index contributed by atoms with van der Waals surface area (Å²) in [7, 11) is 1.55. The Kier molecular flexibility index (Phi) is 6.87. The normalized spacial score (nSPS) is 11.6. The summed E-state index contributed by atoms with van der Waals surface area (Å²) in [6.07, 6.45) is 1.31. The molecule has 2 aromatic carbocycles. The highest BCUT2D eigenvalue weighted by Crippen LogP contribution is 2.22. The van der Waals surface area contributed by atoms with Gasteiger partial charge in [-0.3, -0.25) is 14.4 Å². The molecule has 0 saturated heterocycles. The Morgan fingerprint density at radius 2 is 1.55 bits per heavy atom. The maximum atomic E-state index is 13.1. The zero-order valence-corrected chi connectivity index (χ0v) is 17.6. The minimum atomic E-state index is -0.949. The molecule has 3 aromatic rings. The number of carbonyl (C=O) groups excluding carboxylic acids is 2. The summed E-state index contributed by atoms with van der Waals surface area (Å²) >= 11 is 0. The zero-order chi connectivity index (χ0) is 22.4. The smallest absolute Gasteiger partial charge is 0.253 e. The van der Waals surface area contributed by atoms with Gasteiger partial charge in [-0.15, -0.1) is 0 Å². The fourth-order valence-electron chi connectivity index (χ4n) is 3.03. The number of nitrogens with one attached hydrogen (secondary N) is 3. The molecule has 1 unspecified atom stereocenters. The predicted octanol–water partition coefficient (Wildman–Crippen LogP) is 3.62. The molecule has 0 aliphatic rings. The van der Waals surface area contributed by atoms with Gasteiger partial charge in [0.05, 0.1) is 12.7 Å². The number of pyridine rings is 1. The van der Waals surface area contributed by atoms with E-state index in [-0.39, 0.29) is 17.0 Å². The number of amides is 2. The molecule has 3 rings (SSSR count). The summed E-state index contributed by atoms with van der Waals surface area (Å²) < 4.78 is 5.18. The van der Waals surface area contributed by atoms with Gasteiger partial charge >= 0.3 is 0 Å². The Labute approximate surface area is 180 Å². The van der Waals surface area contributed by atoms with E-state index in [9.17, 15) is 14.4 Å². The summed E-state index contributed by atoms with van der Waals surface area (Å²) in [6.45, 7) is 4.19. The molecule has 7 nitrogen and oxygen atoms in total. The molecule has 2 amide bonds. The Bertz CT molecular complexity index is 1080. The first-order chi connectivity index (χ1) is 14.9. The number of rotatable bonds is 7. The topological polar surface area (TPSA) is 100 Å². The van der Waals surface area contributed by atoms with Crippen molar-refractivity contribution in [1.29, 1.82) is 0 Å². The Hall–Kier alpha value is -3.87. The summed E-state index contributed by atoms with van der Waals surface area (Å²) in [5.74, 6) is 0.148. The van der Waals surface area contributed by atoms with Crippen LogP contribution in [0.2, 0.25) is 0 Å². The summed E-state index contributed by atoms with van der Waals surface area (Å²) in [5, 5.41) is 5.60. The van der Waals surface area contributed by atoms with Gasteiger partial charge in [0.25, 0.3) is 11.8 Å². The molecule has 1 atom stereocenters. The molecule has 31 heavy (non-hydrogen) atoms. The third kappa shape index (κ3) is 5.60. The van der Waals surface area contributed by atoms with Crippen LogP contribution in [0.4, 0.5) is 5.69 Å². The highest BCUT2D eigenvalue weighted by atomic mass is 16.5. The van der Waals surface area contributed by atoms with Crippen molar-refractivity contribution in [2.45, 2.75) is 25.8 Å². The lowest BCUT2D eigenvalue weighted by atomic mass is 10.0. The molecule has 7 heteroatoms. The number of benzene rings is 2. The van der Waals surface area contributed by atoms with Crippen molar-refractivity contribution in [3.63, 3.8) is 0 Å². The number of carbonyl (C=O) groups is 2. The second-order valence-corrected chi connectivity index (χ2v) is 7.39. The number of anilines is 1. The van der Waals surface area contributed by atoms with Gasteiger partial charge in [-0.25, -0.2) is 0 Å². The van der Waals surface area contributed by atoms with Gasteiger partial charge in [0.1, 0.15) is 11.8 Å². The third-order valence-electron chi connectivity index (χ3n) is 4.88. The number of hydrogen-bond donors (Lipinski definition) is 3. The highest BCUT2D eigenvalue weighted by molar-refractivity contribution is 6.01. The van der Waals surface area contributed by atoms with Crippen LogP contribution in [0, 0.1) is 0 Å². The summed E-state index contributed by atoms with van der Waals surface area (Å²) in [6, 6.07) is 16.2. The molecule has 0 bridgehead atoms. The third-order valence-corrected chi connectivity index (χ3v) is 4.88. The van der Waals surface area contributed by atoms with Gasteiger partial charge in [-0.2, -0.15) is 0 Å². The minimum absolute atomic E-state index is 0.243. The van der Waals surface area contributed by atoms with Crippen LogP contribution in [-0.4, -0.2) is 23.9 Å². The van der Waals surface area contributed by atoms with E-state index >= 15 is 0 Å². The number of aromatic nitrogens is 1. The van der Waals surface area contributed by atoms with Crippen LogP contribution in [0.25, 0.3) is 0 Å². The molecule has 0 spiro atoms. The van der Waals surface area contributed by atoms with Crippen LogP contribution < -0.4 is 20.9 Å². The number of ether oxygens (including phenoxy) is 1. The van der Waals surface area contributed by atoms with E-state index in [1.54, 1.807) is 31.4 Å². The first kappa shape index (κ1) is 21.8. The van der Waals surface area contributed by atoms with Crippen molar-refractivity contribution in [1.82, 2.24) is 10.3 Å². The molecule has 0 aliphatic heterocycles. The van der Waals surface area contributed by atoms with Crippen LogP contribution in [-0.2, 0) is 4.79 Å². The van der Waals surface area contributed by atoms with Gasteiger partial charge in [-0.05, 0) is 47.4 Å². The summed E-state index contributed by atoms with van der Waals surface area (Å²) in [5.41, 5.74) is 2.31. The first-order valence-electron chi connectivity index (χ1n) is 9.91. The maximum absolute atomic E-state index is 13.1. The molecule has 160 valence electrons. The van der Waals surface area contributed by atoms with E-state index < -0.39 is 11.9 Å². The molecule has 0 fully saturated rings. The van der Waals surface area contributed by atoms with Crippen molar-refractivity contribution in [3.8, 4) is 5.75 Å². The van der Waals surface area contributed by atoms with Gasteiger partial charge in [0.15, 0.2) is 0 Å². The molecule has 0 aliphatic carbocycles. The van der Waals surface area contributed by atoms with Crippen molar-refractivity contribution in [2.24, 2.45) is 0 Å².